The van der Waals surface area contributed by atoms with Crippen LogP contribution in [0.1, 0.15) is 0 Å². The summed E-state index contributed by atoms with van der Waals surface area (Å²) in [6, 6.07) is 43.9. The Balaban J connectivity index is 1.58. The Morgan fingerprint density at radius 2 is 1.10 bits per heavy atom. The van der Waals surface area contributed by atoms with Gasteiger partial charge in [-0.25, -0.2) is 9.97 Å². The molecular formula is C36H21N3O. The van der Waals surface area contributed by atoms with Crippen LogP contribution >= 0.6 is 0 Å². The summed E-state index contributed by atoms with van der Waals surface area (Å²) >= 11 is 0. The van der Waals surface area contributed by atoms with Crippen molar-refractivity contribution in [1.29, 1.82) is 0 Å². The molecule has 0 radical (unpaired) electrons. The summed E-state index contributed by atoms with van der Waals surface area (Å²) < 4.78 is 9.00. The van der Waals surface area contributed by atoms with Gasteiger partial charge >= 0.3 is 0 Å². The average molecular weight is 512 g/mol. The van der Waals surface area contributed by atoms with Gasteiger partial charge in [0.2, 0.25) is 0 Å². The lowest BCUT2D eigenvalue weighted by Crippen LogP contribution is -2.03. The third-order valence-corrected chi connectivity index (χ3v) is 7.96. The minimum Gasteiger partial charge on any atom is -0.454 e. The van der Waals surface area contributed by atoms with E-state index < -0.39 is 0 Å². The summed E-state index contributed by atoms with van der Waals surface area (Å²) in [7, 11) is 0. The monoisotopic (exact) mass is 511 g/mol. The molecule has 0 bridgehead atoms. The van der Waals surface area contributed by atoms with Crippen LogP contribution in [-0.2, 0) is 0 Å². The molecule has 0 spiro atoms. The number of aromatic nitrogens is 3. The standard InChI is InChI=1S/C36H21N3O/c1-2-12-22(13-3-1)33-36(38-28-19-9-8-18-27(28)37-33)39-29-20-10-6-16-25(29)31-23-14-4-5-15-24(23)32-26-17-7-11-21-30(26)40-35(32)34(31)39/h1-21H. The van der Waals surface area contributed by atoms with E-state index in [1.54, 1.807) is 0 Å². The van der Waals surface area contributed by atoms with Crippen molar-refractivity contribution in [2.24, 2.45) is 0 Å². The SMILES string of the molecule is c1ccc(-c2nc3ccccc3nc2-n2c3ccccc3c3c4ccccc4c4c5ccccc5oc4c32)cc1. The van der Waals surface area contributed by atoms with Crippen LogP contribution in [0.4, 0.5) is 0 Å². The second-order valence-corrected chi connectivity index (χ2v) is 10.2. The zero-order chi connectivity index (χ0) is 26.2. The van der Waals surface area contributed by atoms with Gasteiger partial charge in [-0.05, 0) is 35.0 Å². The molecule has 0 saturated carbocycles. The molecule has 0 aliphatic carbocycles. The zero-order valence-corrected chi connectivity index (χ0v) is 21.4. The number of fused-ring (bicyclic) bond motifs is 11. The lowest BCUT2D eigenvalue weighted by molar-refractivity contribution is 0.671. The fourth-order valence-electron chi connectivity index (χ4n) is 6.28. The van der Waals surface area contributed by atoms with Crippen molar-refractivity contribution in [1.82, 2.24) is 14.5 Å². The van der Waals surface area contributed by atoms with Crippen molar-refractivity contribution in [2.45, 2.75) is 0 Å². The molecule has 3 heterocycles. The number of furan rings is 1. The van der Waals surface area contributed by atoms with Crippen LogP contribution in [0.5, 0.6) is 0 Å². The van der Waals surface area contributed by atoms with Gasteiger partial charge in [0.25, 0.3) is 0 Å². The fourth-order valence-corrected chi connectivity index (χ4v) is 6.28. The summed E-state index contributed by atoms with van der Waals surface area (Å²) in [5, 5.41) is 6.93. The van der Waals surface area contributed by atoms with E-state index in [1.165, 1.54) is 10.8 Å². The molecule has 9 rings (SSSR count). The van der Waals surface area contributed by atoms with Crippen molar-refractivity contribution >= 4 is 65.6 Å². The molecule has 0 amide bonds. The summed E-state index contributed by atoms with van der Waals surface area (Å²) in [5.74, 6) is 0.785. The number of nitrogens with zero attached hydrogens (tertiary/aromatic N) is 3. The zero-order valence-electron chi connectivity index (χ0n) is 21.4. The molecular weight excluding hydrogens is 490 g/mol. The fraction of sp³-hybridized carbons (Fsp3) is 0. The molecule has 0 saturated heterocycles. The average Bonchev–Trinajstić information content (AvgIpc) is 3.58. The number of hydrogen-bond donors (Lipinski definition) is 0. The molecule has 4 nitrogen and oxygen atoms in total. The van der Waals surface area contributed by atoms with Gasteiger partial charge in [0.15, 0.2) is 11.4 Å². The largest absolute Gasteiger partial charge is 0.454 e. The minimum absolute atomic E-state index is 0.785. The van der Waals surface area contributed by atoms with Crippen molar-refractivity contribution < 1.29 is 4.42 Å². The van der Waals surface area contributed by atoms with Crippen LogP contribution in [0, 0.1) is 0 Å². The highest BCUT2D eigenvalue weighted by Crippen LogP contribution is 2.46. The Morgan fingerprint density at radius 3 is 1.90 bits per heavy atom. The maximum absolute atomic E-state index is 6.73. The van der Waals surface area contributed by atoms with E-state index in [1.807, 2.05) is 54.6 Å². The van der Waals surface area contributed by atoms with Crippen molar-refractivity contribution in [3.63, 3.8) is 0 Å². The molecule has 0 atom stereocenters. The van der Waals surface area contributed by atoms with E-state index >= 15 is 0 Å². The topological polar surface area (TPSA) is 43.9 Å². The smallest absolute Gasteiger partial charge is 0.165 e. The number of hydrogen-bond acceptors (Lipinski definition) is 3. The first kappa shape index (κ1) is 21.5. The molecule has 4 heteroatoms. The molecule has 40 heavy (non-hydrogen) atoms. The normalized spacial score (nSPS) is 12.0. The summed E-state index contributed by atoms with van der Waals surface area (Å²) in [4.78, 5) is 10.5. The van der Waals surface area contributed by atoms with E-state index in [-0.39, 0.29) is 0 Å². The van der Waals surface area contributed by atoms with E-state index in [0.717, 1.165) is 71.9 Å². The summed E-state index contributed by atoms with van der Waals surface area (Å²) in [6.45, 7) is 0. The third-order valence-electron chi connectivity index (χ3n) is 7.96. The van der Waals surface area contributed by atoms with Crippen LogP contribution in [-0.4, -0.2) is 14.5 Å². The van der Waals surface area contributed by atoms with Gasteiger partial charge in [0.05, 0.1) is 22.1 Å². The molecule has 186 valence electrons. The maximum atomic E-state index is 6.73. The van der Waals surface area contributed by atoms with Crippen LogP contribution in [0.3, 0.4) is 0 Å². The number of benzene rings is 6. The highest BCUT2D eigenvalue weighted by atomic mass is 16.3. The van der Waals surface area contributed by atoms with E-state index in [0.29, 0.717) is 0 Å². The van der Waals surface area contributed by atoms with Gasteiger partial charge in [-0.15, -0.1) is 0 Å². The van der Waals surface area contributed by atoms with Crippen molar-refractivity contribution in [2.75, 3.05) is 0 Å². The third kappa shape index (κ3) is 2.85. The minimum atomic E-state index is 0.785. The highest BCUT2D eigenvalue weighted by molar-refractivity contribution is 6.35. The Hall–Kier alpha value is -5.48. The molecule has 0 N–H and O–H groups in total. The second-order valence-electron chi connectivity index (χ2n) is 10.2. The van der Waals surface area contributed by atoms with Crippen LogP contribution in [0.15, 0.2) is 132 Å². The predicted octanol–water partition coefficient (Wildman–Crippen LogP) is 9.45. The van der Waals surface area contributed by atoms with Gasteiger partial charge in [-0.3, -0.25) is 4.57 Å². The summed E-state index contributed by atoms with van der Waals surface area (Å²) in [6.07, 6.45) is 0. The van der Waals surface area contributed by atoms with Gasteiger partial charge in [-0.1, -0.05) is 103 Å². The first-order valence-corrected chi connectivity index (χ1v) is 13.4. The number of para-hydroxylation sites is 4. The summed E-state index contributed by atoms with van der Waals surface area (Å²) in [5.41, 5.74) is 7.38. The molecule has 0 unspecified atom stereocenters. The molecule has 0 aliphatic heterocycles. The first-order valence-electron chi connectivity index (χ1n) is 13.4. The van der Waals surface area contributed by atoms with E-state index in [2.05, 4.69) is 77.4 Å². The molecule has 0 fully saturated rings. The Labute approximate surface area is 228 Å². The predicted molar refractivity (Wildman–Crippen MR) is 164 cm³/mol. The second kappa shape index (κ2) is 8.01. The highest BCUT2D eigenvalue weighted by Gasteiger charge is 2.25. The van der Waals surface area contributed by atoms with Gasteiger partial charge in [0.1, 0.15) is 11.3 Å². The van der Waals surface area contributed by atoms with Crippen molar-refractivity contribution in [3.05, 3.63) is 127 Å². The molecule has 0 aliphatic rings. The maximum Gasteiger partial charge on any atom is 0.165 e. The first-order chi connectivity index (χ1) is 19.9. The Morgan fingerprint density at radius 1 is 0.500 bits per heavy atom. The van der Waals surface area contributed by atoms with E-state index in [4.69, 9.17) is 14.4 Å². The quantitative estimate of drug-likeness (QED) is 0.232. The Kier molecular flexibility index (Phi) is 4.30. The van der Waals surface area contributed by atoms with Gasteiger partial charge in [0, 0.05) is 27.1 Å². The molecule has 3 aromatic heterocycles. The number of rotatable bonds is 2. The van der Waals surface area contributed by atoms with E-state index in [9.17, 15) is 0 Å². The van der Waals surface area contributed by atoms with Gasteiger partial charge in [-0.2, -0.15) is 0 Å². The van der Waals surface area contributed by atoms with Crippen LogP contribution < -0.4 is 0 Å². The molecule has 9 aromatic rings. The lowest BCUT2D eigenvalue weighted by atomic mass is 9.99. The lowest BCUT2D eigenvalue weighted by Gasteiger charge is -2.14. The molecule has 6 aromatic carbocycles. The van der Waals surface area contributed by atoms with Crippen LogP contribution in [0.2, 0.25) is 0 Å². The van der Waals surface area contributed by atoms with Crippen LogP contribution in [0.25, 0.3) is 82.6 Å². The van der Waals surface area contributed by atoms with Crippen molar-refractivity contribution in [3.8, 4) is 17.1 Å². The van der Waals surface area contributed by atoms with Gasteiger partial charge < -0.3 is 4.42 Å². The Bertz CT molecular complexity index is 2430.